The molecule has 61 heavy (non-hydrogen) atoms. The Kier molecular flexibility index (Phi) is 11.9. The largest absolute Gasteiger partial charge is 0.311 e. The van der Waals surface area contributed by atoms with Gasteiger partial charge in [0, 0.05) is 58.4 Å². The zero-order chi connectivity index (χ0) is 41.1. The Morgan fingerprint density at radius 2 is 0.607 bits per heavy atom. The Balaban J connectivity index is 0.872. The molecule has 6 aromatic carbocycles. The maximum Gasteiger partial charge on any atom is 0.277 e. The molecule has 0 saturated carbocycles. The first-order valence-electron chi connectivity index (χ1n) is 21.0. The van der Waals surface area contributed by atoms with Gasteiger partial charge in [0.1, 0.15) is 0 Å². The summed E-state index contributed by atoms with van der Waals surface area (Å²) in [6.45, 7) is 1.98. The summed E-state index contributed by atoms with van der Waals surface area (Å²) in [4.78, 5) is 4.56. The maximum atomic E-state index is 2.38. The lowest BCUT2D eigenvalue weighted by molar-refractivity contribution is -0.688. The fourth-order valence-corrected chi connectivity index (χ4v) is 7.88. The minimum absolute atomic E-state index is 0.990. The van der Waals surface area contributed by atoms with Crippen molar-refractivity contribution in [2.75, 3.05) is 9.80 Å². The molecule has 4 heteroatoms. The first-order chi connectivity index (χ1) is 30.2. The molecule has 0 bridgehead atoms. The maximum absolute atomic E-state index is 2.38. The molecule has 0 aliphatic carbocycles. The number of aryl methyl sites for hydroxylation is 2. The monoisotopic (exact) mass is 788 g/mol. The van der Waals surface area contributed by atoms with E-state index in [1.165, 1.54) is 22.5 Å². The zero-order valence-corrected chi connectivity index (χ0v) is 34.2. The molecule has 8 aromatic rings. The number of allylic oxidation sites excluding steroid dienone is 4. The number of aromatic nitrogens is 2. The molecule has 3 heterocycles. The van der Waals surface area contributed by atoms with E-state index in [1.54, 1.807) is 0 Å². The van der Waals surface area contributed by atoms with Crippen LogP contribution >= 0.6 is 0 Å². The minimum atomic E-state index is 0.990. The first-order valence-corrected chi connectivity index (χ1v) is 21.0. The van der Waals surface area contributed by atoms with Crippen molar-refractivity contribution in [3.8, 4) is 11.4 Å². The van der Waals surface area contributed by atoms with Crippen LogP contribution in [0.3, 0.4) is 0 Å². The average molecular weight is 789 g/mol. The molecule has 1 aliphatic heterocycles. The normalized spacial score (nSPS) is 12.5. The number of benzene rings is 6. The smallest absolute Gasteiger partial charge is 0.277 e. The van der Waals surface area contributed by atoms with E-state index >= 15 is 0 Å². The van der Waals surface area contributed by atoms with E-state index in [0.717, 1.165) is 64.8 Å². The number of fused-ring (bicyclic) bond motifs is 3. The third kappa shape index (κ3) is 9.41. The van der Waals surface area contributed by atoms with Gasteiger partial charge in [0.25, 0.3) is 11.4 Å². The van der Waals surface area contributed by atoms with Gasteiger partial charge >= 0.3 is 0 Å². The summed E-state index contributed by atoms with van der Waals surface area (Å²) in [5.74, 6) is 0. The van der Waals surface area contributed by atoms with Crippen molar-refractivity contribution in [2.24, 2.45) is 0 Å². The van der Waals surface area contributed by atoms with Crippen molar-refractivity contribution >= 4 is 58.4 Å². The highest BCUT2D eigenvalue weighted by Gasteiger charge is 2.27. The van der Waals surface area contributed by atoms with Gasteiger partial charge in [-0.2, -0.15) is 9.13 Å². The predicted molar refractivity (Wildman–Crippen MR) is 255 cm³/mol. The first kappa shape index (κ1) is 38.7. The molecule has 0 saturated heterocycles. The van der Waals surface area contributed by atoms with Gasteiger partial charge in [-0.1, -0.05) is 146 Å². The second-order valence-electron chi connectivity index (χ2n) is 15.1. The van der Waals surface area contributed by atoms with E-state index in [1.807, 2.05) is 0 Å². The van der Waals surface area contributed by atoms with Crippen LogP contribution in [0.5, 0.6) is 0 Å². The summed E-state index contributed by atoms with van der Waals surface area (Å²) in [7, 11) is 0. The molecule has 0 fully saturated rings. The number of hydrogen-bond acceptors (Lipinski definition) is 2. The van der Waals surface area contributed by atoms with Crippen molar-refractivity contribution in [1.82, 2.24) is 0 Å². The van der Waals surface area contributed by atoms with Crippen LogP contribution in [0.2, 0.25) is 0 Å². The summed E-state index contributed by atoms with van der Waals surface area (Å²) < 4.78 is 4.77. The molecular weight excluding hydrogens is 741 g/mol. The number of nitrogens with zero attached hydrogens (tertiary/aromatic N) is 4. The van der Waals surface area contributed by atoms with Gasteiger partial charge in [-0.15, -0.1) is 0 Å². The lowest BCUT2D eigenvalue weighted by Crippen LogP contribution is -2.37. The van der Waals surface area contributed by atoms with Crippen LogP contribution in [-0.4, -0.2) is 0 Å². The highest BCUT2D eigenvalue weighted by atomic mass is 15.1. The van der Waals surface area contributed by atoms with Crippen LogP contribution in [0, 0.1) is 0 Å². The van der Waals surface area contributed by atoms with Gasteiger partial charge in [0.2, 0.25) is 0 Å². The van der Waals surface area contributed by atoms with Crippen LogP contribution in [-0.2, 0) is 13.1 Å². The summed E-state index contributed by atoms with van der Waals surface area (Å²) in [5, 5.41) is 0. The topological polar surface area (TPSA) is 14.2 Å². The molecule has 9 rings (SSSR count). The van der Waals surface area contributed by atoms with Crippen LogP contribution < -0.4 is 18.9 Å². The highest BCUT2D eigenvalue weighted by molar-refractivity contribution is 5.78. The van der Waals surface area contributed by atoms with Crippen molar-refractivity contribution in [2.45, 2.75) is 19.5 Å². The predicted octanol–water partition coefficient (Wildman–Crippen LogP) is 13.7. The third-order valence-corrected chi connectivity index (χ3v) is 10.9. The van der Waals surface area contributed by atoms with Gasteiger partial charge in [0.15, 0.2) is 25.5 Å². The van der Waals surface area contributed by atoms with E-state index in [-0.39, 0.29) is 0 Å². The molecule has 0 unspecified atom stereocenters. The number of rotatable bonds is 12. The summed E-state index contributed by atoms with van der Waals surface area (Å²) in [6.07, 6.45) is 22.8. The number of anilines is 6. The van der Waals surface area contributed by atoms with Gasteiger partial charge in [0.05, 0.1) is 6.42 Å². The fourth-order valence-electron chi connectivity index (χ4n) is 7.88. The third-order valence-electron chi connectivity index (χ3n) is 10.9. The Hall–Kier alpha value is -7.82. The Morgan fingerprint density at radius 1 is 0.311 bits per heavy atom. The lowest BCUT2D eigenvalue weighted by atomic mass is 10.1. The molecule has 4 nitrogen and oxygen atoms in total. The fraction of sp³-hybridized carbons (Fsp3) is 0.0526. The Labute approximate surface area is 359 Å². The van der Waals surface area contributed by atoms with Crippen molar-refractivity contribution in [3.05, 3.63) is 253 Å². The molecule has 0 amide bonds. The van der Waals surface area contributed by atoms with Crippen LogP contribution in [0.1, 0.15) is 28.7 Å². The number of pyridine rings is 2. The molecule has 0 N–H and O–H groups in total. The van der Waals surface area contributed by atoms with Crippen molar-refractivity contribution in [1.29, 1.82) is 0 Å². The van der Waals surface area contributed by atoms with Crippen molar-refractivity contribution < 1.29 is 9.13 Å². The van der Waals surface area contributed by atoms with Crippen LogP contribution in [0.4, 0.5) is 34.1 Å². The molecule has 1 aliphatic rings. The molecule has 0 spiro atoms. The second-order valence-corrected chi connectivity index (χ2v) is 15.1. The van der Waals surface area contributed by atoms with Crippen molar-refractivity contribution in [3.63, 3.8) is 0 Å². The SMILES string of the molecule is C(/C=C/c1cc[n+]2c(c1)-c1cc(/C=C/C=C/c3ccc(N(c4ccccc4)c4ccccc4)cc3)cc[n+]1CCC2)=C\c1ccc(N(c2ccccc2)c2ccccc2)cc1. The molecule has 2 aromatic heterocycles. The lowest BCUT2D eigenvalue weighted by Gasteiger charge is -2.25. The zero-order valence-electron chi connectivity index (χ0n) is 34.2. The summed E-state index contributed by atoms with van der Waals surface area (Å²) in [6, 6.07) is 68.5. The van der Waals surface area contributed by atoms with E-state index in [4.69, 9.17) is 0 Å². The summed E-state index contributed by atoms with van der Waals surface area (Å²) >= 11 is 0. The average Bonchev–Trinajstić information content (AvgIpc) is 3.50. The van der Waals surface area contributed by atoms with E-state index in [9.17, 15) is 0 Å². The van der Waals surface area contributed by atoms with E-state index in [0.29, 0.717) is 0 Å². The second kappa shape index (κ2) is 18.8. The van der Waals surface area contributed by atoms with Gasteiger partial charge in [-0.3, -0.25) is 0 Å². The summed E-state index contributed by atoms with van der Waals surface area (Å²) in [5.41, 5.74) is 13.9. The Bertz CT molecular complexity index is 2520. The molecule has 0 atom stereocenters. The van der Waals surface area contributed by atoms with Gasteiger partial charge < -0.3 is 9.80 Å². The van der Waals surface area contributed by atoms with Crippen LogP contribution in [0.15, 0.2) is 231 Å². The van der Waals surface area contributed by atoms with Crippen LogP contribution in [0.25, 0.3) is 35.7 Å². The minimum Gasteiger partial charge on any atom is -0.311 e. The molecular formula is C57H48N4+2. The standard InChI is InChI=1S/C57H48N4/c1-5-22-50(23-6-1)60(51-24-7-2-8-25-51)54-34-30-46(31-35-54)18-13-15-20-48-38-42-58-40-17-41-59-43-39-49(45-57(59)56(58)44-48)21-16-14-19-47-32-36-55(37-33-47)61(52-26-9-3-10-27-52)53-28-11-4-12-29-53/h1-16,18-39,42-45H,17,40-41H2/q+2. The van der Waals surface area contributed by atoms with Gasteiger partial charge in [-0.05, 0) is 95.1 Å². The highest BCUT2D eigenvalue weighted by Crippen LogP contribution is 2.35. The number of para-hydroxylation sites is 4. The van der Waals surface area contributed by atoms with E-state index < -0.39 is 0 Å². The van der Waals surface area contributed by atoms with Gasteiger partial charge in [-0.25, -0.2) is 0 Å². The Morgan fingerprint density at radius 3 is 0.934 bits per heavy atom. The number of hydrogen-bond donors (Lipinski definition) is 0. The van der Waals surface area contributed by atoms with E-state index in [2.05, 4.69) is 274 Å². The molecule has 294 valence electrons. The molecule has 0 radical (unpaired) electrons. The quantitative estimate of drug-likeness (QED) is 0.0904.